The molecule has 2 aliphatic heterocycles. The summed E-state index contributed by atoms with van der Waals surface area (Å²) < 4.78 is 15.9. The van der Waals surface area contributed by atoms with Crippen LogP contribution in [0.2, 0.25) is 0 Å². The van der Waals surface area contributed by atoms with Gasteiger partial charge in [0.25, 0.3) is 5.91 Å². The molecule has 2 aromatic rings. The SMILES string of the molecule is CCCN1CC(N2CCN(c3ccccc3F)CC2)C(=O)c2c(ccn2C)C1=O. The average Bonchev–Trinajstić information content (AvgIpc) is 3.07. The van der Waals surface area contributed by atoms with Gasteiger partial charge in [0, 0.05) is 52.5 Å². The molecule has 1 aromatic carbocycles. The Labute approximate surface area is 170 Å². The third-order valence-corrected chi connectivity index (χ3v) is 5.96. The predicted molar refractivity (Wildman–Crippen MR) is 110 cm³/mol. The summed E-state index contributed by atoms with van der Waals surface area (Å²) in [6.07, 6.45) is 2.62. The van der Waals surface area contributed by atoms with Crippen molar-refractivity contribution < 1.29 is 14.0 Å². The van der Waals surface area contributed by atoms with E-state index in [9.17, 15) is 14.0 Å². The van der Waals surface area contributed by atoms with Crippen molar-refractivity contribution in [3.05, 3.63) is 53.6 Å². The molecule has 0 radical (unpaired) electrons. The molecule has 1 amide bonds. The number of nitrogens with zero attached hydrogens (tertiary/aromatic N) is 4. The van der Waals surface area contributed by atoms with Gasteiger partial charge in [-0.25, -0.2) is 4.39 Å². The van der Waals surface area contributed by atoms with Crippen LogP contribution in [0.3, 0.4) is 0 Å². The molecule has 6 nitrogen and oxygen atoms in total. The minimum Gasteiger partial charge on any atom is -0.367 e. The Bertz CT molecular complexity index is 917. The number of para-hydroxylation sites is 1. The number of piperazine rings is 1. The number of rotatable bonds is 4. The standard InChI is InChI=1S/C22H27FN4O2/c1-3-9-27-15-19(21(28)20-16(22(27)29)8-10-24(20)2)26-13-11-25(12-14-26)18-7-5-4-6-17(18)23/h4-8,10,19H,3,9,11-15H2,1-2H3. The van der Waals surface area contributed by atoms with Gasteiger partial charge in [-0.3, -0.25) is 14.5 Å². The molecule has 4 rings (SSSR count). The first-order valence-electron chi connectivity index (χ1n) is 10.2. The van der Waals surface area contributed by atoms with Gasteiger partial charge in [-0.2, -0.15) is 0 Å². The molecule has 1 unspecified atom stereocenters. The highest BCUT2D eigenvalue weighted by Crippen LogP contribution is 2.25. The summed E-state index contributed by atoms with van der Waals surface area (Å²) in [7, 11) is 1.81. The van der Waals surface area contributed by atoms with Gasteiger partial charge in [0.15, 0.2) is 5.78 Å². The summed E-state index contributed by atoms with van der Waals surface area (Å²) in [5, 5.41) is 0. The summed E-state index contributed by atoms with van der Waals surface area (Å²) in [4.78, 5) is 32.4. The summed E-state index contributed by atoms with van der Waals surface area (Å²) in [6, 6.07) is 8.17. The molecule has 1 atom stereocenters. The Balaban J connectivity index is 1.56. The van der Waals surface area contributed by atoms with Gasteiger partial charge < -0.3 is 14.4 Å². The number of hydrogen-bond donors (Lipinski definition) is 0. The summed E-state index contributed by atoms with van der Waals surface area (Å²) in [5.41, 5.74) is 1.60. The molecule has 1 aromatic heterocycles. The van der Waals surface area contributed by atoms with E-state index in [-0.39, 0.29) is 23.5 Å². The highest BCUT2D eigenvalue weighted by Gasteiger charge is 2.39. The molecule has 0 aliphatic carbocycles. The van der Waals surface area contributed by atoms with E-state index in [1.165, 1.54) is 6.07 Å². The molecule has 0 N–H and O–H groups in total. The van der Waals surface area contributed by atoms with Crippen LogP contribution >= 0.6 is 0 Å². The van der Waals surface area contributed by atoms with Crippen molar-refractivity contribution in [2.24, 2.45) is 7.05 Å². The normalized spacial score (nSPS) is 20.7. The molecular weight excluding hydrogens is 371 g/mol. The number of aromatic nitrogens is 1. The minimum atomic E-state index is -0.372. The Kier molecular flexibility index (Phi) is 5.41. The van der Waals surface area contributed by atoms with Gasteiger partial charge in [0.05, 0.1) is 23.0 Å². The second kappa shape index (κ2) is 7.99. The van der Waals surface area contributed by atoms with E-state index in [0.717, 1.165) is 6.42 Å². The zero-order valence-electron chi connectivity index (χ0n) is 17.0. The van der Waals surface area contributed by atoms with Gasteiger partial charge in [-0.15, -0.1) is 0 Å². The van der Waals surface area contributed by atoms with Crippen LogP contribution in [0.5, 0.6) is 0 Å². The van der Waals surface area contributed by atoms with Crippen molar-refractivity contribution in [1.29, 1.82) is 0 Å². The lowest BCUT2D eigenvalue weighted by Crippen LogP contribution is -2.56. The zero-order chi connectivity index (χ0) is 20.5. The summed E-state index contributed by atoms with van der Waals surface area (Å²) in [6.45, 7) is 5.66. The van der Waals surface area contributed by atoms with Crippen LogP contribution < -0.4 is 4.90 Å². The molecular formula is C22H27FN4O2. The largest absolute Gasteiger partial charge is 0.367 e. The quantitative estimate of drug-likeness (QED) is 0.794. The van der Waals surface area contributed by atoms with Crippen LogP contribution in [0.25, 0.3) is 0 Å². The number of fused-ring (bicyclic) bond motifs is 1. The molecule has 1 saturated heterocycles. The van der Waals surface area contributed by atoms with Crippen LogP contribution in [0.1, 0.15) is 34.2 Å². The van der Waals surface area contributed by atoms with E-state index in [2.05, 4.69) is 4.90 Å². The lowest BCUT2D eigenvalue weighted by molar-refractivity contribution is 0.0641. The van der Waals surface area contributed by atoms with Crippen molar-refractivity contribution in [3.8, 4) is 0 Å². The van der Waals surface area contributed by atoms with Crippen molar-refractivity contribution >= 4 is 17.4 Å². The van der Waals surface area contributed by atoms with Gasteiger partial charge in [-0.1, -0.05) is 19.1 Å². The van der Waals surface area contributed by atoms with Crippen LogP contribution in [-0.4, -0.2) is 71.4 Å². The summed E-state index contributed by atoms with van der Waals surface area (Å²) >= 11 is 0. The van der Waals surface area contributed by atoms with Crippen molar-refractivity contribution in [1.82, 2.24) is 14.4 Å². The predicted octanol–water partition coefficient (Wildman–Crippen LogP) is 2.40. The van der Waals surface area contributed by atoms with E-state index in [0.29, 0.717) is 56.2 Å². The van der Waals surface area contributed by atoms with E-state index in [4.69, 9.17) is 0 Å². The van der Waals surface area contributed by atoms with E-state index in [1.807, 2.05) is 24.9 Å². The number of carbonyl (C=O) groups is 2. The number of Topliss-reactive ketones (excluding diaryl/α,β-unsaturated/α-hetero) is 1. The smallest absolute Gasteiger partial charge is 0.256 e. The number of anilines is 1. The average molecular weight is 398 g/mol. The number of halogens is 1. The maximum absolute atomic E-state index is 14.1. The van der Waals surface area contributed by atoms with Crippen molar-refractivity contribution in [2.75, 3.05) is 44.2 Å². The Morgan fingerprint density at radius 3 is 2.48 bits per heavy atom. The number of hydrogen-bond acceptors (Lipinski definition) is 4. The topological polar surface area (TPSA) is 48.8 Å². The first kappa shape index (κ1) is 19.6. The van der Waals surface area contributed by atoms with E-state index in [1.54, 1.807) is 33.9 Å². The fourth-order valence-corrected chi connectivity index (χ4v) is 4.44. The van der Waals surface area contributed by atoms with Gasteiger partial charge in [0.2, 0.25) is 0 Å². The van der Waals surface area contributed by atoms with Gasteiger partial charge >= 0.3 is 0 Å². The zero-order valence-corrected chi connectivity index (χ0v) is 17.0. The second-order valence-corrected chi connectivity index (χ2v) is 7.79. The molecule has 29 heavy (non-hydrogen) atoms. The van der Waals surface area contributed by atoms with Gasteiger partial charge in [0.1, 0.15) is 5.82 Å². The van der Waals surface area contributed by atoms with Crippen LogP contribution in [0.4, 0.5) is 10.1 Å². The van der Waals surface area contributed by atoms with Crippen LogP contribution in [0.15, 0.2) is 36.5 Å². The lowest BCUT2D eigenvalue weighted by Gasteiger charge is -2.40. The first-order chi connectivity index (χ1) is 14.0. The fraction of sp³-hybridized carbons (Fsp3) is 0.455. The molecule has 0 bridgehead atoms. The second-order valence-electron chi connectivity index (χ2n) is 7.79. The van der Waals surface area contributed by atoms with E-state index >= 15 is 0 Å². The number of carbonyl (C=O) groups excluding carboxylic acids is 2. The van der Waals surface area contributed by atoms with Crippen molar-refractivity contribution in [2.45, 2.75) is 19.4 Å². The first-order valence-corrected chi connectivity index (χ1v) is 10.2. The molecule has 3 heterocycles. The third-order valence-electron chi connectivity index (χ3n) is 5.96. The highest BCUT2D eigenvalue weighted by atomic mass is 19.1. The molecule has 0 spiro atoms. The number of aryl methyl sites for hydroxylation is 1. The number of amides is 1. The highest BCUT2D eigenvalue weighted by molar-refractivity contribution is 6.11. The molecule has 2 aliphatic rings. The van der Waals surface area contributed by atoms with Crippen molar-refractivity contribution in [3.63, 3.8) is 0 Å². The van der Waals surface area contributed by atoms with Crippen LogP contribution in [-0.2, 0) is 7.05 Å². The third kappa shape index (κ3) is 3.55. The molecule has 154 valence electrons. The summed E-state index contributed by atoms with van der Waals surface area (Å²) in [5.74, 6) is -0.290. The monoisotopic (exact) mass is 398 g/mol. The Morgan fingerprint density at radius 2 is 1.79 bits per heavy atom. The lowest BCUT2D eigenvalue weighted by atomic mass is 10.1. The minimum absolute atomic E-state index is 0.00112. The molecule has 1 fully saturated rings. The number of ketones is 1. The van der Waals surface area contributed by atoms with Gasteiger partial charge in [-0.05, 0) is 24.6 Å². The maximum atomic E-state index is 14.1. The Morgan fingerprint density at radius 1 is 1.07 bits per heavy atom. The Hall–Kier alpha value is -2.67. The fourth-order valence-electron chi connectivity index (χ4n) is 4.44. The maximum Gasteiger partial charge on any atom is 0.256 e. The van der Waals surface area contributed by atoms with E-state index < -0.39 is 0 Å². The molecule has 0 saturated carbocycles. The van der Waals surface area contributed by atoms with Crippen LogP contribution in [0, 0.1) is 5.82 Å². The number of benzene rings is 1. The molecule has 7 heteroatoms.